The Morgan fingerprint density at radius 3 is 2.67 bits per heavy atom. The van der Waals surface area contributed by atoms with Gasteiger partial charge in [0.1, 0.15) is 5.82 Å². The van der Waals surface area contributed by atoms with E-state index in [1.54, 1.807) is 12.1 Å². The van der Waals surface area contributed by atoms with Gasteiger partial charge in [-0.25, -0.2) is 4.39 Å². The molecule has 92 valence electrons. The Hall–Kier alpha value is -1.13. The molecular formula is C14H10BrFOS. The van der Waals surface area contributed by atoms with Crippen molar-refractivity contribution in [2.45, 2.75) is 4.90 Å². The number of carbonyl (C=O) groups excluding carboxylic acids is 1. The van der Waals surface area contributed by atoms with Crippen LogP contribution in [0.2, 0.25) is 0 Å². The molecule has 0 heterocycles. The molecule has 0 aliphatic carbocycles. The van der Waals surface area contributed by atoms with Crippen LogP contribution in [0.4, 0.5) is 4.39 Å². The number of hydrogen-bond donors (Lipinski definition) is 0. The van der Waals surface area contributed by atoms with Gasteiger partial charge in [0, 0.05) is 9.37 Å². The molecular weight excluding hydrogens is 315 g/mol. The molecule has 0 saturated heterocycles. The van der Waals surface area contributed by atoms with Crippen LogP contribution in [-0.2, 0) is 0 Å². The number of carbonyl (C=O) groups is 1. The third kappa shape index (κ3) is 3.43. The summed E-state index contributed by atoms with van der Waals surface area (Å²) < 4.78 is 14.4. The molecule has 2 aromatic carbocycles. The SMILES string of the molecule is O=C(CSc1cccc(Br)c1)c1ccccc1F. The van der Waals surface area contributed by atoms with E-state index in [4.69, 9.17) is 0 Å². The van der Waals surface area contributed by atoms with Gasteiger partial charge in [-0.05, 0) is 30.3 Å². The Kier molecular flexibility index (Phi) is 4.55. The van der Waals surface area contributed by atoms with Gasteiger partial charge in [-0.2, -0.15) is 0 Å². The third-order valence-electron chi connectivity index (χ3n) is 2.34. The fraction of sp³-hybridized carbons (Fsp3) is 0.0714. The van der Waals surface area contributed by atoms with Crippen LogP contribution >= 0.6 is 27.7 Å². The van der Waals surface area contributed by atoms with Crippen molar-refractivity contribution in [1.82, 2.24) is 0 Å². The molecule has 0 N–H and O–H groups in total. The minimum Gasteiger partial charge on any atom is -0.293 e. The smallest absolute Gasteiger partial charge is 0.176 e. The maximum atomic E-state index is 13.4. The van der Waals surface area contributed by atoms with Gasteiger partial charge in [-0.1, -0.05) is 34.1 Å². The molecule has 4 heteroatoms. The summed E-state index contributed by atoms with van der Waals surface area (Å²) in [5.74, 6) is -0.424. The average Bonchev–Trinajstić information content (AvgIpc) is 2.37. The topological polar surface area (TPSA) is 17.1 Å². The fourth-order valence-corrected chi connectivity index (χ4v) is 2.86. The quantitative estimate of drug-likeness (QED) is 0.605. The number of Topliss-reactive ketones (excluding diaryl/α,β-unsaturated/α-hetero) is 1. The van der Waals surface area contributed by atoms with Crippen LogP contribution in [0, 0.1) is 5.82 Å². The largest absolute Gasteiger partial charge is 0.293 e. The first-order valence-electron chi connectivity index (χ1n) is 5.33. The first-order chi connectivity index (χ1) is 8.66. The molecule has 0 spiro atoms. The number of rotatable bonds is 4. The Bertz CT molecular complexity index is 571. The summed E-state index contributed by atoms with van der Waals surface area (Å²) in [4.78, 5) is 12.8. The van der Waals surface area contributed by atoms with Crippen LogP contribution in [0.5, 0.6) is 0 Å². The van der Waals surface area contributed by atoms with Crippen molar-refractivity contribution in [3.63, 3.8) is 0 Å². The summed E-state index contributed by atoms with van der Waals surface area (Å²) in [6, 6.07) is 13.7. The number of ketones is 1. The predicted molar refractivity (Wildman–Crippen MR) is 75.6 cm³/mol. The van der Waals surface area contributed by atoms with Gasteiger partial charge in [0.25, 0.3) is 0 Å². The van der Waals surface area contributed by atoms with Gasteiger partial charge in [-0.3, -0.25) is 4.79 Å². The van der Waals surface area contributed by atoms with Crippen molar-refractivity contribution < 1.29 is 9.18 Å². The summed E-state index contributed by atoms with van der Waals surface area (Å²) in [5, 5.41) is 0. The Balaban J connectivity index is 2.03. The van der Waals surface area contributed by atoms with E-state index in [9.17, 15) is 9.18 Å². The zero-order valence-electron chi connectivity index (χ0n) is 9.40. The molecule has 2 aromatic rings. The predicted octanol–water partition coefficient (Wildman–Crippen LogP) is 4.56. The van der Waals surface area contributed by atoms with Gasteiger partial charge < -0.3 is 0 Å². The van der Waals surface area contributed by atoms with Crippen molar-refractivity contribution in [3.05, 3.63) is 64.4 Å². The lowest BCUT2D eigenvalue weighted by molar-refractivity contribution is 0.101. The minimum atomic E-state index is -0.461. The highest BCUT2D eigenvalue weighted by Crippen LogP contribution is 2.23. The second-order valence-electron chi connectivity index (χ2n) is 3.65. The van der Waals surface area contributed by atoms with E-state index in [-0.39, 0.29) is 17.1 Å². The molecule has 0 atom stereocenters. The van der Waals surface area contributed by atoms with Crippen LogP contribution in [0.25, 0.3) is 0 Å². The summed E-state index contributed by atoms with van der Waals surface area (Å²) in [6.45, 7) is 0. The van der Waals surface area contributed by atoms with Gasteiger partial charge in [0.2, 0.25) is 0 Å². The Labute approximate surface area is 118 Å². The Morgan fingerprint density at radius 1 is 1.17 bits per heavy atom. The maximum Gasteiger partial charge on any atom is 0.176 e. The van der Waals surface area contributed by atoms with Crippen LogP contribution < -0.4 is 0 Å². The average molecular weight is 325 g/mol. The molecule has 0 amide bonds. The summed E-state index contributed by atoms with van der Waals surface area (Å²) >= 11 is 4.77. The summed E-state index contributed by atoms with van der Waals surface area (Å²) in [7, 11) is 0. The van der Waals surface area contributed by atoms with Crippen LogP contribution in [0.1, 0.15) is 10.4 Å². The standard InChI is InChI=1S/C14H10BrFOS/c15-10-4-3-5-11(8-10)18-9-14(17)12-6-1-2-7-13(12)16/h1-8H,9H2. The minimum absolute atomic E-state index is 0.153. The lowest BCUT2D eigenvalue weighted by Gasteiger charge is -2.03. The van der Waals surface area contributed by atoms with Crippen molar-refractivity contribution in [2.75, 3.05) is 5.75 Å². The lowest BCUT2D eigenvalue weighted by atomic mass is 10.1. The molecule has 0 fully saturated rings. The van der Waals surface area contributed by atoms with E-state index in [2.05, 4.69) is 15.9 Å². The number of halogens is 2. The van der Waals surface area contributed by atoms with Crippen LogP contribution in [0.15, 0.2) is 57.9 Å². The van der Waals surface area contributed by atoms with Gasteiger partial charge in [0.05, 0.1) is 11.3 Å². The number of benzene rings is 2. The first kappa shape index (κ1) is 13.3. The van der Waals surface area contributed by atoms with Crippen molar-refractivity contribution >= 4 is 33.5 Å². The van der Waals surface area contributed by atoms with E-state index in [1.807, 2.05) is 24.3 Å². The van der Waals surface area contributed by atoms with Crippen LogP contribution in [0.3, 0.4) is 0 Å². The Morgan fingerprint density at radius 2 is 1.94 bits per heavy atom. The zero-order chi connectivity index (χ0) is 13.0. The van der Waals surface area contributed by atoms with E-state index in [1.165, 1.54) is 23.9 Å². The van der Waals surface area contributed by atoms with Gasteiger partial charge in [-0.15, -0.1) is 11.8 Å². The number of hydrogen-bond acceptors (Lipinski definition) is 2. The fourth-order valence-electron chi connectivity index (χ4n) is 1.47. The second kappa shape index (κ2) is 6.16. The van der Waals surface area contributed by atoms with Gasteiger partial charge in [0.15, 0.2) is 5.78 Å². The highest BCUT2D eigenvalue weighted by molar-refractivity contribution is 9.10. The van der Waals surface area contributed by atoms with E-state index in [0.29, 0.717) is 0 Å². The third-order valence-corrected chi connectivity index (χ3v) is 3.83. The normalized spacial score (nSPS) is 10.3. The molecule has 0 unspecified atom stereocenters. The zero-order valence-corrected chi connectivity index (χ0v) is 11.8. The molecule has 0 aliphatic heterocycles. The van der Waals surface area contributed by atoms with Crippen molar-refractivity contribution in [3.8, 4) is 0 Å². The van der Waals surface area contributed by atoms with Crippen molar-refractivity contribution in [2.24, 2.45) is 0 Å². The number of thioether (sulfide) groups is 1. The van der Waals surface area contributed by atoms with Crippen LogP contribution in [-0.4, -0.2) is 11.5 Å². The summed E-state index contributed by atoms with van der Waals surface area (Å²) in [5.41, 5.74) is 0.153. The first-order valence-corrected chi connectivity index (χ1v) is 7.11. The second-order valence-corrected chi connectivity index (χ2v) is 5.61. The monoisotopic (exact) mass is 324 g/mol. The molecule has 0 aliphatic rings. The van der Waals surface area contributed by atoms with Gasteiger partial charge >= 0.3 is 0 Å². The van der Waals surface area contributed by atoms with E-state index >= 15 is 0 Å². The lowest BCUT2D eigenvalue weighted by Crippen LogP contribution is -2.04. The molecule has 18 heavy (non-hydrogen) atoms. The highest BCUT2D eigenvalue weighted by atomic mass is 79.9. The molecule has 1 nitrogen and oxygen atoms in total. The molecule has 0 saturated carbocycles. The summed E-state index contributed by atoms with van der Waals surface area (Å²) in [6.07, 6.45) is 0. The molecule has 2 rings (SSSR count). The molecule has 0 bridgehead atoms. The van der Waals surface area contributed by atoms with Crippen molar-refractivity contribution in [1.29, 1.82) is 0 Å². The van der Waals surface area contributed by atoms with E-state index < -0.39 is 5.82 Å². The molecule has 0 radical (unpaired) electrons. The highest BCUT2D eigenvalue weighted by Gasteiger charge is 2.11. The molecule has 0 aromatic heterocycles. The van der Waals surface area contributed by atoms with E-state index in [0.717, 1.165) is 9.37 Å². The maximum absolute atomic E-state index is 13.4.